The van der Waals surface area contributed by atoms with Gasteiger partial charge >= 0.3 is 5.97 Å². The number of rotatable bonds is 5. The summed E-state index contributed by atoms with van der Waals surface area (Å²) in [5.74, 6) is -0.850. The number of carbonyl (C=O) groups is 1. The second kappa shape index (κ2) is 6.62. The Morgan fingerprint density at radius 3 is 3.00 bits per heavy atom. The topological polar surface area (TPSA) is 72.7 Å². The van der Waals surface area contributed by atoms with Gasteiger partial charge < -0.3 is 4.74 Å². The number of esters is 1. The number of hydrogen-bond donors (Lipinski definition) is 0. The number of nitro groups is 1. The molecule has 1 saturated heterocycles. The Morgan fingerprint density at radius 2 is 2.33 bits per heavy atom. The first kappa shape index (κ1) is 15.4. The molecule has 0 radical (unpaired) electrons. The maximum atomic E-state index is 13.3. The molecule has 0 amide bonds. The van der Waals surface area contributed by atoms with Crippen LogP contribution in [0.3, 0.4) is 0 Å². The van der Waals surface area contributed by atoms with E-state index >= 15 is 0 Å². The van der Waals surface area contributed by atoms with Gasteiger partial charge in [-0.2, -0.15) is 0 Å². The van der Waals surface area contributed by atoms with Crippen LogP contribution in [0.2, 0.25) is 0 Å². The molecule has 21 heavy (non-hydrogen) atoms. The first-order chi connectivity index (χ1) is 10.0. The van der Waals surface area contributed by atoms with Crippen molar-refractivity contribution >= 4 is 11.7 Å². The maximum absolute atomic E-state index is 13.3. The predicted octanol–water partition coefficient (Wildman–Crippen LogP) is 2.26. The third-order valence-corrected chi connectivity index (χ3v) is 3.53. The van der Waals surface area contributed by atoms with Crippen molar-refractivity contribution < 1.29 is 18.8 Å². The smallest absolute Gasteiger partial charge is 0.323 e. The van der Waals surface area contributed by atoms with E-state index in [2.05, 4.69) is 0 Å². The van der Waals surface area contributed by atoms with Gasteiger partial charge in [0, 0.05) is 18.2 Å². The molecule has 1 atom stereocenters. The Labute approximate surface area is 121 Å². The number of nitrogens with zero attached hydrogens (tertiary/aromatic N) is 2. The molecule has 7 heteroatoms. The Hall–Kier alpha value is -2.02. The maximum Gasteiger partial charge on any atom is 0.323 e. The van der Waals surface area contributed by atoms with E-state index in [0.29, 0.717) is 19.6 Å². The molecule has 1 heterocycles. The first-order valence-corrected chi connectivity index (χ1v) is 6.86. The monoisotopic (exact) mass is 296 g/mol. The van der Waals surface area contributed by atoms with Gasteiger partial charge in [-0.25, -0.2) is 4.39 Å². The van der Waals surface area contributed by atoms with Gasteiger partial charge in [0.15, 0.2) is 0 Å². The van der Waals surface area contributed by atoms with E-state index < -0.39 is 16.8 Å². The van der Waals surface area contributed by atoms with E-state index in [1.54, 1.807) is 11.8 Å². The largest absolute Gasteiger partial charge is 0.465 e. The average Bonchev–Trinajstić information content (AvgIpc) is 2.87. The Balaban J connectivity index is 2.19. The van der Waals surface area contributed by atoms with Crippen LogP contribution in [0.5, 0.6) is 0 Å². The van der Waals surface area contributed by atoms with E-state index in [9.17, 15) is 19.3 Å². The van der Waals surface area contributed by atoms with Crippen molar-refractivity contribution in [2.24, 2.45) is 0 Å². The molecule has 0 N–H and O–H groups in total. The number of nitro benzene ring substituents is 1. The summed E-state index contributed by atoms with van der Waals surface area (Å²) in [5, 5.41) is 11.0. The van der Waals surface area contributed by atoms with E-state index in [4.69, 9.17) is 4.74 Å². The van der Waals surface area contributed by atoms with Crippen molar-refractivity contribution in [3.8, 4) is 0 Å². The first-order valence-electron chi connectivity index (χ1n) is 6.86. The van der Waals surface area contributed by atoms with Gasteiger partial charge in [-0.1, -0.05) is 0 Å². The molecule has 1 aliphatic rings. The zero-order chi connectivity index (χ0) is 15.4. The summed E-state index contributed by atoms with van der Waals surface area (Å²) < 4.78 is 18.3. The molecule has 0 saturated carbocycles. The summed E-state index contributed by atoms with van der Waals surface area (Å²) >= 11 is 0. The van der Waals surface area contributed by atoms with Crippen molar-refractivity contribution in [1.29, 1.82) is 0 Å². The quantitative estimate of drug-likeness (QED) is 0.473. The number of halogens is 1. The lowest BCUT2D eigenvalue weighted by atomic mass is 10.1. The SMILES string of the molecule is CCOC(=O)[C@H]1CCCN1Cc1cc(F)ccc1[N+](=O)[O-]. The summed E-state index contributed by atoms with van der Waals surface area (Å²) in [7, 11) is 0. The highest BCUT2D eigenvalue weighted by atomic mass is 19.1. The van der Waals surface area contributed by atoms with Crippen LogP contribution >= 0.6 is 0 Å². The second-order valence-electron chi connectivity index (χ2n) is 4.91. The van der Waals surface area contributed by atoms with Gasteiger partial charge in [0.1, 0.15) is 11.9 Å². The Bertz CT molecular complexity index is 550. The molecule has 2 rings (SSSR count). The minimum Gasteiger partial charge on any atom is -0.465 e. The van der Waals surface area contributed by atoms with E-state index in [1.165, 1.54) is 0 Å². The molecule has 1 aliphatic heterocycles. The average molecular weight is 296 g/mol. The molecule has 6 nitrogen and oxygen atoms in total. The molecule has 0 aliphatic carbocycles. The van der Waals surface area contributed by atoms with Crippen LogP contribution in [-0.4, -0.2) is 35.0 Å². The number of hydrogen-bond acceptors (Lipinski definition) is 5. The molecule has 1 fully saturated rings. The van der Waals surface area contributed by atoms with E-state index in [1.807, 2.05) is 0 Å². The van der Waals surface area contributed by atoms with Gasteiger partial charge in [0.2, 0.25) is 0 Å². The van der Waals surface area contributed by atoms with Crippen molar-refractivity contribution in [2.75, 3.05) is 13.2 Å². The van der Waals surface area contributed by atoms with Crippen LogP contribution < -0.4 is 0 Å². The van der Waals surface area contributed by atoms with Gasteiger partial charge in [0.25, 0.3) is 5.69 Å². The summed E-state index contributed by atoms with van der Waals surface area (Å²) in [6, 6.07) is 2.96. The highest BCUT2D eigenvalue weighted by Gasteiger charge is 2.33. The third-order valence-electron chi connectivity index (χ3n) is 3.53. The molecule has 0 spiro atoms. The number of ether oxygens (including phenoxy) is 1. The lowest BCUT2D eigenvalue weighted by Gasteiger charge is -2.22. The lowest BCUT2D eigenvalue weighted by Crippen LogP contribution is -2.37. The molecule has 0 unspecified atom stereocenters. The molecule has 0 bridgehead atoms. The highest BCUT2D eigenvalue weighted by molar-refractivity contribution is 5.76. The fourth-order valence-electron chi connectivity index (χ4n) is 2.60. The van der Waals surface area contributed by atoms with Crippen molar-refractivity contribution in [1.82, 2.24) is 4.90 Å². The molecule has 1 aromatic carbocycles. The van der Waals surface area contributed by atoms with Gasteiger partial charge in [0.05, 0.1) is 11.5 Å². The van der Waals surface area contributed by atoms with Gasteiger partial charge in [-0.3, -0.25) is 19.8 Å². The normalized spacial score (nSPS) is 18.7. The molecule has 0 aromatic heterocycles. The van der Waals surface area contributed by atoms with Gasteiger partial charge in [-0.05, 0) is 38.4 Å². The lowest BCUT2D eigenvalue weighted by molar-refractivity contribution is -0.385. The summed E-state index contributed by atoms with van der Waals surface area (Å²) in [6.07, 6.45) is 1.47. The van der Waals surface area contributed by atoms with E-state index in [0.717, 1.165) is 24.6 Å². The van der Waals surface area contributed by atoms with Crippen LogP contribution in [-0.2, 0) is 16.1 Å². The minimum absolute atomic E-state index is 0.133. The highest BCUT2D eigenvalue weighted by Crippen LogP contribution is 2.26. The Morgan fingerprint density at radius 1 is 1.57 bits per heavy atom. The van der Waals surface area contributed by atoms with Gasteiger partial charge in [-0.15, -0.1) is 0 Å². The molecular weight excluding hydrogens is 279 g/mol. The summed E-state index contributed by atoms with van der Waals surface area (Å²) in [4.78, 5) is 24.1. The summed E-state index contributed by atoms with van der Waals surface area (Å²) in [6.45, 7) is 2.83. The zero-order valence-electron chi connectivity index (χ0n) is 11.8. The Kier molecular flexibility index (Phi) is 4.85. The molecule has 1 aromatic rings. The van der Waals surface area contributed by atoms with Crippen LogP contribution in [0.25, 0.3) is 0 Å². The second-order valence-corrected chi connectivity index (χ2v) is 4.91. The van der Waals surface area contributed by atoms with Crippen LogP contribution in [0, 0.1) is 15.9 Å². The molecule has 114 valence electrons. The standard InChI is InChI=1S/C14H17FN2O4/c1-2-21-14(18)13-4-3-7-16(13)9-10-8-11(15)5-6-12(10)17(19)20/h5-6,8,13H,2-4,7,9H2,1H3/t13-/m1/s1. The number of likely N-dealkylation sites (tertiary alicyclic amines) is 1. The van der Waals surface area contributed by atoms with Crippen molar-refractivity contribution in [3.63, 3.8) is 0 Å². The van der Waals surface area contributed by atoms with E-state index in [-0.39, 0.29) is 23.8 Å². The van der Waals surface area contributed by atoms with Crippen molar-refractivity contribution in [3.05, 3.63) is 39.7 Å². The number of benzene rings is 1. The molecular formula is C14H17FN2O4. The zero-order valence-corrected chi connectivity index (χ0v) is 11.8. The van der Waals surface area contributed by atoms with Crippen LogP contribution in [0.4, 0.5) is 10.1 Å². The number of carbonyl (C=O) groups excluding carboxylic acids is 1. The van der Waals surface area contributed by atoms with Crippen LogP contribution in [0.1, 0.15) is 25.3 Å². The minimum atomic E-state index is -0.537. The van der Waals surface area contributed by atoms with Crippen LogP contribution in [0.15, 0.2) is 18.2 Å². The fourth-order valence-corrected chi connectivity index (χ4v) is 2.60. The van der Waals surface area contributed by atoms with Crippen molar-refractivity contribution in [2.45, 2.75) is 32.4 Å². The predicted molar refractivity (Wildman–Crippen MR) is 73.1 cm³/mol. The third kappa shape index (κ3) is 3.55. The fraction of sp³-hybridized carbons (Fsp3) is 0.500. The summed E-state index contributed by atoms with van der Waals surface area (Å²) in [5.41, 5.74) is 0.141.